The van der Waals surface area contributed by atoms with Crippen LogP contribution in [0.4, 0.5) is 0 Å². The first-order valence-electron chi connectivity index (χ1n) is 5.26. The van der Waals surface area contributed by atoms with Crippen LogP contribution < -0.4 is 5.32 Å². The lowest BCUT2D eigenvalue weighted by molar-refractivity contribution is 0.297. The zero-order valence-corrected chi connectivity index (χ0v) is 9.90. The number of hydrogen-bond donors (Lipinski definition) is 1. The Bertz CT molecular complexity index is 105. The number of hydrogen-bond acceptors (Lipinski definition) is 2. The van der Waals surface area contributed by atoms with Crippen LogP contribution >= 0.6 is 11.6 Å². The normalized spacial score (nSPS) is 13.6. The molecule has 2 nitrogen and oxygen atoms in total. The molecule has 0 saturated heterocycles. The summed E-state index contributed by atoms with van der Waals surface area (Å²) < 4.78 is 0. The zero-order valence-electron chi connectivity index (χ0n) is 9.15. The summed E-state index contributed by atoms with van der Waals surface area (Å²) in [4.78, 5) is 2.42. The van der Waals surface area contributed by atoms with Crippen molar-refractivity contribution in [2.45, 2.75) is 33.2 Å². The molecule has 3 heteroatoms. The molecule has 0 heterocycles. The van der Waals surface area contributed by atoms with E-state index in [9.17, 15) is 0 Å². The van der Waals surface area contributed by atoms with Crippen molar-refractivity contribution in [2.75, 3.05) is 32.1 Å². The van der Waals surface area contributed by atoms with Gasteiger partial charge < -0.3 is 10.2 Å². The number of nitrogens with zero attached hydrogens (tertiary/aromatic N) is 1. The molecule has 1 atom stereocenters. The first kappa shape index (κ1) is 13.2. The summed E-state index contributed by atoms with van der Waals surface area (Å²) in [5.74, 6) is 0.749. The second-order valence-electron chi connectivity index (χ2n) is 3.36. The van der Waals surface area contributed by atoms with E-state index in [1.165, 1.54) is 0 Å². The molecule has 1 unspecified atom stereocenters. The maximum absolute atomic E-state index is 5.64. The van der Waals surface area contributed by atoms with Crippen molar-refractivity contribution >= 4 is 11.6 Å². The van der Waals surface area contributed by atoms with E-state index in [0.29, 0.717) is 6.04 Å². The van der Waals surface area contributed by atoms with Crippen LogP contribution in [0.25, 0.3) is 0 Å². The van der Waals surface area contributed by atoms with Gasteiger partial charge in [-0.2, -0.15) is 0 Å². The molecule has 0 aliphatic heterocycles. The van der Waals surface area contributed by atoms with Crippen LogP contribution in [0.5, 0.6) is 0 Å². The van der Waals surface area contributed by atoms with Crippen molar-refractivity contribution in [1.29, 1.82) is 0 Å². The highest BCUT2D eigenvalue weighted by atomic mass is 35.5. The Balaban J connectivity index is 3.32. The third kappa shape index (κ3) is 7.29. The van der Waals surface area contributed by atoms with Crippen LogP contribution in [-0.4, -0.2) is 43.0 Å². The van der Waals surface area contributed by atoms with Gasteiger partial charge >= 0.3 is 0 Å². The lowest BCUT2D eigenvalue weighted by atomic mass is 10.2. The van der Waals surface area contributed by atoms with Gasteiger partial charge in [-0.05, 0) is 26.4 Å². The molecular weight excluding hydrogens is 184 g/mol. The van der Waals surface area contributed by atoms with E-state index in [1.54, 1.807) is 0 Å². The van der Waals surface area contributed by atoms with Crippen molar-refractivity contribution in [2.24, 2.45) is 0 Å². The van der Waals surface area contributed by atoms with Crippen LogP contribution in [0.1, 0.15) is 27.2 Å². The van der Waals surface area contributed by atoms with Crippen molar-refractivity contribution in [1.82, 2.24) is 10.2 Å². The van der Waals surface area contributed by atoms with Crippen molar-refractivity contribution in [3.63, 3.8) is 0 Å². The van der Waals surface area contributed by atoms with Gasteiger partial charge in [0.25, 0.3) is 0 Å². The summed E-state index contributed by atoms with van der Waals surface area (Å²) in [6.45, 7) is 11.1. The van der Waals surface area contributed by atoms with Crippen LogP contribution in [-0.2, 0) is 0 Å². The Kier molecular flexibility index (Phi) is 8.93. The molecule has 0 saturated carbocycles. The van der Waals surface area contributed by atoms with Gasteiger partial charge in [-0.25, -0.2) is 0 Å². The van der Waals surface area contributed by atoms with E-state index in [-0.39, 0.29) is 0 Å². The third-order valence-corrected chi connectivity index (χ3v) is 2.58. The van der Waals surface area contributed by atoms with Crippen molar-refractivity contribution in [3.8, 4) is 0 Å². The van der Waals surface area contributed by atoms with Gasteiger partial charge in [0, 0.05) is 25.0 Å². The smallest absolute Gasteiger partial charge is 0.0238 e. The lowest BCUT2D eigenvalue weighted by Crippen LogP contribution is -2.36. The molecule has 0 fully saturated rings. The van der Waals surface area contributed by atoms with Crippen LogP contribution in [0.3, 0.4) is 0 Å². The van der Waals surface area contributed by atoms with Gasteiger partial charge in [0.15, 0.2) is 0 Å². The largest absolute Gasteiger partial charge is 0.313 e. The van der Waals surface area contributed by atoms with Gasteiger partial charge in [0.1, 0.15) is 0 Å². The predicted molar refractivity (Wildman–Crippen MR) is 60.6 cm³/mol. The van der Waals surface area contributed by atoms with Gasteiger partial charge in [0.05, 0.1) is 0 Å². The highest BCUT2D eigenvalue weighted by Crippen LogP contribution is 1.92. The molecule has 13 heavy (non-hydrogen) atoms. The molecule has 0 rings (SSSR count). The summed E-state index contributed by atoms with van der Waals surface area (Å²) in [5.41, 5.74) is 0. The van der Waals surface area contributed by atoms with Crippen LogP contribution in [0.15, 0.2) is 0 Å². The molecule has 1 N–H and O–H groups in total. The molecule has 0 amide bonds. The third-order valence-electron chi connectivity index (χ3n) is 2.36. The number of halogens is 1. The van der Waals surface area contributed by atoms with Gasteiger partial charge in [0.2, 0.25) is 0 Å². The fourth-order valence-corrected chi connectivity index (χ4v) is 1.60. The second kappa shape index (κ2) is 8.79. The number of likely N-dealkylation sites (N-methyl/N-ethyl adjacent to an activating group) is 1. The average Bonchev–Trinajstić information content (AvgIpc) is 2.13. The Morgan fingerprint density at radius 1 is 1.31 bits per heavy atom. The maximum atomic E-state index is 5.64. The fourth-order valence-electron chi connectivity index (χ4n) is 1.27. The Hall–Kier alpha value is 0.210. The number of rotatable bonds is 8. The first-order chi connectivity index (χ1) is 6.24. The van der Waals surface area contributed by atoms with E-state index in [4.69, 9.17) is 11.6 Å². The Morgan fingerprint density at radius 3 is 2.38 bits per heavy atom. The standard InChI is InChI=1S/C10H23ClN2/c1-4-13(5-2)9-8-12-10(3)6-7-11/h10,12H,4-9H2,1-3H3. The van der Waals surface area contributed by atoms with E-state index < -0.39 is 0 Å². The minimum atomic E-state index is 0.549. The zero-order chi connectivity index (χ0) is 10.1. The molecule has 0 aromatic carbocycles. The topological polar surface area (TPSA) is 15.3 Å². The Morgan fingerprint density at radius 2 is 1.92 bits per heavy atom. The minimum absolute atomic E-state index is 0.549. The van der Waals surface area contributed by atoms with E-state index in [1.807, 2.05) is 0 Å². The van der Waals surface area contributed by atoms with Crippen molar-refractivity contribution in [3.05, 3.63) is 0 Å². The van der Waals surface area contributed by atoms with Gasteiger partial charge in [-0.1, -0.05) is 13.8 Å². The molecule has 0 aromatic heterocycles. The highest BCUT2D eigenvalue weighted by Gasteiger charge is 2.01. The van der Waals surface area contributed by atoms with E-state index in [2.05, 4.69) is 31.0 Å². The summed E-state index contributed by atoms with van der Waals surface area (Å²) in [6, 6.07) is 0.549. The SMILES string of the molecule is CCN(CC)CCNC(C)CCCl. The van der Waals surface area contributed by atoms with Crippen LogP contribution in [0, 0.1) is 0 Å². The molecule has 0 aromatic rings. The summed E-state index contributed by atoms with van der Waals surface area (Å²) in [6.07, 6.45) is 1.06. The molecule has 80 valence electrons. The molecule has 0 aliphatic rings. The van der Waals surface area contributed by atoms with Crippen molar-refractivity contribution < 1.29 is 0 Å². The lowest BCUT2D eigenvalue weighted by Gasteiger charge is -2.19. The van der Waals surface area contributed by atoms with Gasteiger partial charge in [-0.3, -0.25) is 0 Å². The predicted octanol–water partition coefficient (Wildman–Crippen LogP) is 1.94. The van der Waals surface area contributed by atoms with Gasteiger partial charge in [-0.15, -0.1) is 11.6 Å². The average molecular weight is 207 g/mol. The quantitative estimate of drug-likeness (QED) is 0.611. The highest BCUT2D eigenvalue weighted by molar-refractivity contribution is 6.17. The van der Waals surface area contributed by atoms with Crippen LogP contribution in [0.2, 0.25) is 0 Å². The molecule has 0 radical (unpaired) electrons. The molecule has 0 spiro atoms. The monoisotopic (exact) mass is 206 g/mol. The fraction of sp³-hybridized carbons (Fsp3) is 1.00. The maximum Gasteiger partial charge on any atom is 0.0238 e. The Labute approximate surface area is 87.6 Å². The molecule has 0 aliphatic carbocycles. The number of alkyl halides is 1. The second-order valence-corrected chi connectivity index (χ2v) is 3.74. The van der Waals surface area contributed by atoms with E-state index >= 15 is 0 Å². The number of nitrogens with one attached hydrogen (secondary N) is 1. The first-order valence-corrected chi connectivity index (χ1v) is 5.79. The minimum Gasteiger partial charge on any atom is -0.313 e. The molecular formula is C10H23ClN2. The summed E-state index contributed by atoms with van der Waals surface area (Å²) in [7, 11) is 0. The summed E-state index contributed by atoms with van der Waals surface area (Å²) >= 11 is 5.64. The molecule has 0 bridgehead atoms. The summed E-state index contributed by atoms with van der Waals surface area (Å²) in [5, 5.41) is 3.46. The van der Waals surface area contributed by atoms with E-state index in [0.717, 1.165) is 38.5 Å².